The van der Waals surface area contributed by atoms with Crippen LogP contribution in [0.3, 0.4) is 0 Å². The fourth-order valence-electron chi connectivity index (χ4n) is 3.64. The lowest BCUT2D eigenvalue weighted by molar-refractivity contribution is 0.0966. The molecule has 0 spiro atoms. The summed E-state index contributed by atoms with van der Waals surface area (Å²) in [5.41, 5.74) is 8.89. The molecule has 152 valence electrons. The number of benzene rings is 1. The third-order valence-corrected chi connectivity index (χ3v) is 6.27. The average Bonchev–Trinajstić information content (AvgIpc) is 3.04. The number of hydrogen-bond acceptors (Lipinski definition) is 7. The lowest BCUT2D eigenvalue weighted by Crippen LogP contribution is -2.33. The first kappa shape index (κ1) is 19.5. The number of amides is 1. The molecule has 0 bridgehead atoms. The Kier molecular flexibility index (Phi) is 5.10. The molecule has 0 unspecified atom stereocenters. The molecule has 1 amide bonds. The van der Waals surface area contributed by atoms with Crippen molar-refractivity contribution in [1.82, 2.24) is 10.3 Å². The van der Waals surface area contributed by atoms with E-state index in [1.54, 1.807) is 18.2 Å². The second-order valence-electron chi connectivity index (χ2n) is 7.43. The minimum absolute atomic E-state index is 0.0681. The van der Waals surface area contributed by atoms with Gasteiger partial charge in [0.2, 0.25) is 0 Å². The van der Waals surface area contributed by atoms with Crippen LogP contribution in [-0.2, 0) is 16.4 Å². The highest BCUT2D eigenvalue weighted by atomic mass is 32.2. The molecule has 2 aliphatic rings. The smallest absolute Gasteiger partial charge is 0.255 e. The normalized spacial score (nSPS) is 20.4. The number of nitrogens with one attached hydrogen (secondary N) is 2. The first-order valence-corrected chi connectivity index (χ1v) is 11.4. The fraction of sp³-hybridized carbons (Fsp3) is 0.350. The number of carbonyl (C=O) groups is 1. The number of hydrogen-bond donors (Lipinski definition) is 3. The number of pyridine rings is 1. The summed E-state index contributed by atoms with van der Waals surface area (Å²) in [7, 11) is -3.35. The van der Waals surface area contributed by atoms with Gasteiger partial charge in [-0.25, -0.2) is 18.4 Å². The molecule has 1 saturated carbocycles. The van der Waals surface area contributed by atoms with Crippen LogP contribution in [0.25, 0.3) is 0 Å². The zero-order chi connectivity index (χ0) is 20.6. The van der Waals surface area contributed by atoms with Gasteiger partial charge in [-0.1, -0.05) is 12.5 Å². The molecule has 2 aromatic rings. The summed E-state index contributed by atoms with van der Waals surface area (Å²) in [6.07, 6.45) is 5.06. The lowest BCUT2D eigenvalue weighted by Gasteiger charge is -2.20. The van der Waals surface area contributed by atoms with Gasteiger partial charge in [0.1, 0.15) is 5.82 Å². The van der Waals surface area contributed by atoms with Crippen molar-refractivity contribution in [2.75, 3.05) is 11.6 Å². The summed E-state index contributed by atoms with van der Waals surface area (Å²) in [5.74, 6) is 0.629. The van der Waals surface area contributed by atoms with Gasteiger partial charge in [-0.15, -0.1) is 0 Å². The van der Waals surface area contributed by atoms with Crippen molar-refractivity contribution in [2.24, 2.45) is 10.7 Å². The summed E-state index contributed by atoms with van der Waals surface area (Å²) < 4.78 is 23.7. The van der Waals surface area contributed by atoms with E-state index in [0.717, 1.165) is 43.2 Å². The number of fused-ring (bicyclic) bond motifs is 1. The van der Waals surface area contributed by atoms with Crippen molar-refractivity contribution in [2.45, 2.75) is 43.2 Å². The van der Waals surface area contributed by atoms with Crippen LogP contribution in [0.2, 0.25) is 0 Å². The quantitative estimate of drug-likeness (QED) is 0.707. The van der Waals surface area contributed by atoms with Crippen LogP contribution in [0.15, 0.2) is 40.2 Å². The summed E-state index contributed by atoms with van der Waals surface area (Å²) in [4.78, 5) is 21.7. The highest BCUT2D eigenvalue weighted by Crippen LogP contribution is 2.30. The molecule has 0 saturated heterocycles. The molecule has 4 rings (SSSR count). The summed E-state index contributed by atoms with van der Waals surface area (Å²) in [5, 5.41) is 5.90. The molecule has 8 nitrogen and oxygen atoms in total. The summed E-state index contributed by atoms with van der Waals surface area (Å²) >= 11 is 0. The monoisotopic (exact) mass is 413 g/mol. The number of sulfone groups is 1. The molecule has 29 heavy (non-hydrogen) atoms. The molecule has 4 N–H and O–H groups in total. The molecule has 1 fully saturated rings. The SMILES string of the molecule is CS(=O)(=O)c1cccc(Nc2nc(N=C3CCCC[C@@H]3N)cc3c2C(=O)NC3)c1. The molecule has 1 aliphatic heterocycles. The van der Waals surface area contributed by atoms with Crippen molar-refractivity contribution >= 4 is 38.8 Å². The van der Waals surface area contributed by atoms with E-state index < -0.39 is 9.84 Å². The first-order chi connectivity index (χ1) is 13.8. The predicted molar refractivity (Wildman–Crippen MR) is 112 cm³/mol. The molecule has 1 aliphatic carbocycles. The van der Waals surface area contributed by atoms with Crippen LogP contribution in [0.4, 0.5) is 17.3 Å². The van der Waals surface area contributed by atoms with Crippen molar-refractivity contribution < 1.29 is 13.2 Å². The third kappa shape index (κ3) is 4.15. The fourth-order valence-corrected chi connectivity index (χ4v) is 4.30. The topological polar surface area (TPSA) is 127 Å². The largest absolute Gasteiger partial charge is 0.348 e. The van der Waals surface area contributed by atoms with Gasteiger partial charge in [-0.3, -0.25) is 4.79 Å². The van der Waals surface area contributed by atoms with Crippen LogP contribution < -0.4 is 16.4 Å². The van der Waals surface area contributed by atoms with E-state index in [9.17, 15) is 13.2 Å². The molecule has 1 aromatic carbocycles. The molecule has 2 heterocycles. The van der Waals surface area contributed by atoms with Crippen LogP contribution in [0.1, 0.15) is 41.6 Å². The molecule has 0 radical (unpaired) electrons. The van der Waals surface area contributed by atoms with Gasteiger partial charge in [0.25, 0.3) is 5.91 Å². The van der Waals surface area contributed by atoms with Crippen molar-refractivity contribution in [3.8, 4) is 0 Å². The van der Waals surface area contributed by atoms with Gasteiger partial charge in [0.05, 0.1) is 10.5 Å². The van der Waals surface area contributed by atoms with E-state index in [4.69, 9.17) is 5.73 Å². The Balaban J connectivity index is 1.74. The Hall–Kier alpha value is -2.78. The highest BCUT2D eigenvalue weighted by molar-refractivity contribution is 7.90. The second kappa shape index (κ2) is 7.57. The number of aromatic nitrogens is 1. The molecule has 1 atom stereocenters. The summed E-state index contributed by atoms with van der Waals surface area (Å²) in [6.45, 7) is 0.401. The maximum Gasteiger partial charge on any atom is 0.255 e. The van der Waals surface area contributed by atoms with Crippen molar-refractivity contribution in [3.05, 3.63) is 41.5 Å². The van der Waals surface area contributed by atoms with Gasteiger partial charge in [0, 0.05) is 30.2 Å². The zero-order valence-electron chi connectivity index (χ0n) is 16.1. The molecule has 1 aromatic heterocycles. The van der Waals surface area contributed by atoms with Gasteiger partial charge >= 0.3 is 0 Å². The Labute approximate surface area is 169 Å². The standard InChI is InChI=1S/C20H23N5O3S/c1-29(27,28)14-6-4-5-13(10-14)23-19-18-12(11-22-20(18)26)9-17(25-19)24-16-8-3-2-7-15(16)21/h4-6,9-10,15H,2-3,7-8,11,21H2,1H3,(H,22,26)(H,23,25)/t15-/m0/s1. The Morgan fingerprint density at radius 3 is 2.86 bits per heavy atom. The van der Waals surface area contributed by atoms with E-state index in [1.165, 1.54) is 12.1 Å². The Morgan fingerprint density at radius 1 is 1.28 bits per heavy atom. The van der Waals surface area contributed by atoms with E-state index in [1.807, 2.05) is 0 Å². The molecular formula is C20H23N5O3S. The van der Waals surface area contributed by atoms with Gasteiger partial charge in [-0.2, -0.15) is 0 Å². The molecular weight excluding hydrogens is 390 g/mol. The van der Waals surface area contributed by atoms with E-state index in [0.29, 0.717) is 29.4 Å². The minimum Gasteiger partial charge on any atom is -0.348 e. The number of carbonyl (C=O) groups excluding carboxylic acids is 1. The van der Waals surface area contributed by atoms with E-state index in [-0.39, 0.29) is 16.8 Å². The number of nitrogens with zero attached hydrogens (tertiary/aromatic N) is 2. The number of aliphatic imine (C=N–C) groups is 1. The van der Waals surface area contributed by atoms with Crippen LogP contribution in [0, 0.1) is 0 Å². The highest BCUT2D eigenvalue weighted by Gasteiger charge is 2.26. The maximum atomic E-state index is 12.3. The second-order valence-corrected chi connectivity index (χ2v) is 9.44. The number of rotatable bonds is 4. The lowest BCUT2D eigenvalue weighted by atomic mass is 9.94. The van der Waals surface area contributed by atoms with Crippen LogP contribution in [-0.4, -0.2) is 37.3 Å². The van der Waals surface area contributed by atoms with E-state index in [2.05, 4.69) is 20.6 Å². The zero-order valence-corrected chi connectivity index (χ0v) is 16.9. The Morgan fingerprint density at radius 2 is 2.10 bits per heavy atom. The van der Waals surface area contributed by atoms with Crippen molar-refractivity contribution in [3.63, 3.8) is 0 Å². The average molecular weight is 414 g/mol. The molecule has 9 heteroatoms. The van der Waals surface area contributed by atoms with Gasteiger partial charge < -0.3 is 16.4 Å². The maximum absolute atomic E-state index is 12.3. The van der Waals surface area contributed by atoms with E-state index >= 15 is 0 Å². The number of anilines is 2. The minimum atomic E-state index is -3.35. The summed E-state index contributed by atoms with van der Waals surface area (Å²) in [6, 6.07) is 8.15. The Bertz CT molecular complexity index is 1110. The third-order valence-electron chi connectivity index (χ3n) is 5.16. The van der Waals surface area contributed by atoms with Crippen LogP contribution >= 0.6 is 0 Å². The number of nitrogens with two attached hydrogens (primary N) is 1. The predicted octanol–water partition coefficient (Wildman–Crippen LogP) is 2.45. The van der Waals surface area contributed by atoms with Crippen LogP contribution in [0.5, 0.6) is 0 Å². The first-order valence-electron chi connectivity index (χ1n) is 9.53. The van der Waals surface area contributed by atoms with Crippen molar-refractivity contribution in [1.29, 1.82) is 0 Å². The van der Waals surface area contributed by atoms with Gasteiger partial charge in [-0.05, 0) is 49.1 Å². The van der Waals surface area contributed by atoms with Gasteiger partial charge in [0.15, 0.2) is 15.7 Å².